The molecule has 6 aromatic carbocycles. The normalized spacial score (nSPS) is 11.1. The van der Waals surface area contributed by atoms with E-state index in [0.717, 1.165) is 61.6 Å². The summed E-state index contributed by atoms with van der Waals surface area (Å²) in [5.41, 5.74) is 12.8. The van der Waals surface area contributed by atoms with Crippen LogP contribution < -0.4 is 4.90 Å². The van der Waals surface area contributed by atoms with Crippen LogP contribution in [-0.4, -0.2) is 19.9 Å². The lowest BCUT2D eigenvalue weighted by Gasteiger charge is -2.26. The first-order valence-electron chi connectivity index (χ1n) is 14.9. The van der Waals surface area contributed by atoms with Crippen LogP contribution in [0.25, 0.3) is 55.7 Å². The Labute approximate surface area is 261 Å². The number of anilines is 3. The van der Waals surface area contributed by atoms with Gasteiger partial charge in [0.1, 0.15) is 0 Å². The second-order valence-electron chi connectivity index (χ2n) is 10.8. The molecule has 0 N–H and O–H groups in total. The largest absolute Gasteiger partial charge is 0.311 e. The van der Waals surface area contributed by atoms with Crippen molar-refractivity contribution in [1.82, 2.24) is 19.9 Å². The number of hydrogen-bond donors (Lipinski definition) is 0. The summed E-state index contributed by atoms with van der Waals surface area (Å²) < 4.78 is 0. The lowest BCUT2D eigenvalue weighted by atomic mass is 10.0. The summed E-state index contributed by atoms with van der Waals surface area (Å²) in [6.07, 6.45) is 3.68. The van der Waals surface area contributed by atoms with Crippen molar-refractivity contribution >= 4 is 39.1 Å². The van der Waals surface area contributed by atoms with Gasteiger partial charge in [-0.05, 0) is 71.8 Å². The second kappa shape index (κ2) is 11.5. The van der Waals surface area contributed by atoms with Gasteiger partial charge < -0.3 is 4.90 Å². The summed E-state index contributed by atoms with van der Waals surface area (Å²) in [6, 6.07) is 52.0. The van der Waals surface area contributed by atoms with Crippen LogP contribution in [0.2, 0.25) is 0 Å². The Balaban J connectivity index is 1.16. The molecule has 8 aromatic rings. The number of para-hydroxylation sites is 4. The van der Waals surface area contributed by atoms with Crippen molar-refractivity contribution in [2.45, 2.75) is 0 Å². The Morgan fingerprint density at radius 1 is 0.311 bits per heavy atom. The SMILES string of the molecule is c1ccc(-c2ccc(N(c3ccc(-c4cnc5ccccc5n4)cc3)c3ccc(-c4cnc5ccccc5n4)cc3)cc2)cc1. The molecule has 2 aromatic heterocycles. The first kappa shape index (κ1) is 26.4. The van der Waals surface area contributed by atoms with Gasteiger partial charge in [0.25, 0.3) is 0 Å². The molecule has 0 fully saturated rings. The fraction of sp³-hybridized carbons (Fsp3) is 0. The predicted molar refractivity (Wildman–Crippen MR) is 184 cm³/mol. The lowest BCUT2D eigenvalue weighted by molar-refractivity contribution is 1.26. The number of fused-ring (bicyclic) bond motifs is 2. The standard InChI is InChI=1S/C40H27N5/c1-2-8-28(9-3-1)29-14-20-32(21-15-29)45(33-22-16-30(17-23-33)39-26-41-35-10-4-6-12-37(35)43-39)34-24-18-31(19-25-34)40-27-42-36-11-5-7-13-38(36)44-40/h1-27H. The molecule has 45 heavy (non-hydrogen) atoms. The molecule has 0 saturated heterocycles. The molecule has 0 unspecified atom stereocenters. The average molecular weight is 578 g/mol. The molecule has 0 bridgehead atoms. The molecule has 0 aliphatic rings. The highest BCUT2D eigenvalue weighted by Gasteiger charge is 2.14. The Kier molecular flexibility index (Phi) is 6.74. The maximum Gasteiger partial charge on any atom is 0.0894 e. The van der Waals surface area contributed by atoms with Crippen LogP contribution in [-0.2, 0) is 0 Å². The van der Waals surface area contributed by atoms with Gasteiger partial charge in [-0.2, -0.15) is 0 Å². The van der Waals surface area contributed by atoms with Crippen molar-refractivity contribution in [3.05, 3.63) is 164 Å². The van der Waals surface area contributed by atoms with Crippen LogP contribution in [0, 0.1) is 0 Å². The number of benzene rings is 6. The third-order valence-corrected chi connectivity index (χ3v) is 7.97. The summed E-state index contributed by atoms with van der Waals surface area (Å²) in [4.78, 5) is 21.2. The molecule has 0 amide bonds. The molecule has 2 heterocycles. The molecule has 5 nitrogen and oxygen atoms in total. The smallest absolute Gasteiger partial charge is 0.0894 e. The van der Waals surface area contributed by atoms with Gasteiger partial charge in [-0.15, -0.1) is 0 Å². The van der Waals surface area contributed by atoms with Crippen molar-refractivity contribution in [2.24, 2.45) is 0 Å². The first-order valence-corrected chi connectivity index (χ1v) is 14.9. The predicted octanol–water partition coefficient (Wildman–Crippen LogP) is 10.0. The maximum atomic E-state index is 4.85. The molecule has 0 radical (unpaired) electrons. The van der Waals surface area contributed by atoms with Crippen LogP contribution >= 0.6 is 0 Å². The van der Waals surface area contributed by atoms with Crippen molar-refractivity contribution in [2.75, 3.05) is 4.90 Å². The van der Waals surface area contributed by atoms with E-state index in [1.165, 1.54) is 11.1 Å². The van der Waals surface area contributed by atoms with Crippen LogP contribution in [0.3, 0.4) is 0 Å². The average Bonchev–Trinajstić information content (AvgIpc) is 3.12. The highest BCUT2D eigenvalue weighted by Crippen LogP contribution is 2.37. The zero-order chi connectivity index (χ0) is 30.0. The summed E-state index contributed by atoms with van der Waals surface area (Å²) in [6.45, 7) is 0. The Morgan fingerprint density at radius 3 is 1.11 bits per heavy atom. The highest BCUT2D eigenvalue weighted by atomic mass is 15.1. The maximum absolute atomic E-state index is 4.85. The number of nitrogens with zero attached hydrogens (tertiary/aromatic N) is 5. The minimum Gasteiger partial charge on any atom is -0.311 e. The first-order chi connectivity index (χ1) is 22.3. The molecule has 0 aliphatic carbocycles. The van der Waals surface area contributed by atoms with E-state index < -0.39 is 0 Å². The van der Waals surface area contributed by atoms with E-state index in [1.54, 1.807) is 0 Å². The van der Waals surface area contributed by atoms with E-state index >= 15 is 0 Å². The third kappa shape index (κ3) is 5.28. The van der Waals surface area contributed by atoms with Gasteiger partial charge in [0.05, 0.1) is 45.8 Å². The number of rotatable bonds is 6. The second-order valence-corrected chi connectivity index (χ2v) is 10.8. The van der Waals surface area contributed by atoms with E-state index in [1.807, 2.05) is 67.0 Å². The molecule has 0 atom stereocenters. The van der Waals surface area contributed by atoms with Gasteiger partial charge in [-0.25, -0.2) is 9.97 Å². The molecule has 5 heteroatoms. The zero-order valence-corrected chi connectivity index (χ0v) is 24.3. The molecule has 0 saturated carbocycles. The van der Waals surface area contributed by atoms with E-state index in [-0.39, 0.29) is 0 Å². The van der Waals surface area contributed by atoms with Crippen LogP contribution in [0.1, 0.15) is 0 Å². The number of aromatic nitrogens is 4. The fourth-order valence-corrected chi connectivity index (χ4v) is 5.64. The van der Waals surface area contributed by atoms with Crippen LogP contribution in [0.15, 0.2) is 164 Å². The van der Waals surface area contributed by atoms with Gasteiger partial charge in [0.2, 0.25) is 0 Å². The minimum atomic E-state index is 0.847. The van der Waals surface area contributed by atoms with E-state index in [0.29, 0.717) is 0 Å². The highest BCUT2D eigenvalue weighted by molar-refractivity contribution is 5.82. The third-order valence-electron chi connectivity index (χ3n) is 7.97. The van der Waals surface area contributed by atoms with Crippen LogP contribution in [0.4, 0.5) is 17.1 Å². The Morgan fingerprint density at radius 2 is 0.667 bits per heavy atom. The summed E-state index contributed by atoms with van der Waals surface area (Å²) in [7, 11) is 0. The summed E-state index contributed by atoms with van der Waals surface area (Å²) >= 11 is 0. The van der Waals surface area contributed by atoms with E-state index in [4.69, 9.17) is 9.97 Å². The molecule has 8 rings (SSSR count). The van der Waals surface area contributed by atoms with E-state index in [2.05, 4.69) is 112 Å². The lowest BCUT2D eigenvalue weighted by Crippen LogP contribution is -2.09. The molecular formula is C40H27N5. The topological polar surface area (TPSA) is 54.8 Å². The van der Waals surface area contributed by atoms with E-state index in [9.17, 15) is 0 Å². The van der Waals surface area contributed by atoms with Gasteiger partial charge >= 0.3 is 0 Å². The molecule has 0 aliphatic heterocycles. The van der Waals surface area contributed by atoms with Gasteiger partial charge in [-0.1, -0.05) is 91.0 Å². The summed E-state index contributed by atoms with van der Waals surface area (Å²) in [5, 5.41) is 0. The Bertz CT molecular complexity index is 2120. The fourth-order valence-electron chi connectivity index (χ4n) is 5.64. The van der Waals surface area contributed by atoms with Crippen molar-refractivity contribution in [3.63, 3.8) is 0 Å². The quantitative estimate of drug-likeness (QED) is 0.197. The van der Waals surface area contributed by atoms with Gasteiger partial charge in [-0.3, -0.25) is 9.97 Å². The summed E-state index contributed by atoms with van der Waals surface area (Å²) in [5.74, 6) is 0. The zero-order valence-electron chi connectivity index (χ0n) is 24.3. The molecule has 212 valence electrons. The van der Waals surface area contributed by atoms with Gasteiger partial charge in [0.15, 0.2) is 0 Å². The monoisotopic (exact) mass is 577 g/mol. The van der Waals surface area contributed by atoms with Crippen molar-refractivity contribution < 1.29 is 0 Å². The molecular weight excluding hydrogens is 550 g/mol. The van der Waals surface area contributed by atoms with Crippen LogP contribution in [0.5, 0.6) is 0 Å². The van der Waals surface area contributed by atoms with Crippen molar-refractivity contribution in [1.29, 1.82) is 0 Å². The molecule has 0 spiro atoms. The minimum absolute atomic E-state index is 0.847. The van der Waals surface area contributed by atoms with Crippen molar-refractivity contribution in [3.8, 4) is 33.6 Å². The number of hydrogen-bond acceptors (Lipinski definition) is 5. The Hall–Kier alpha value is -6.20. The van der Waals surface area contributed by atoms with Gasteiger partial charge in [0, 0.05) is 28.2 Å².